The molecular formula is C13H14BrNS2. The Kier molecular flexibility index (Phi) is 4.68. The Labute approximate surface area is 119 Å². The second kappa shape index (κ2) is 6.05. The SMILES string of the molecule is CC(N)Cc1ccc(Sc2cccs2)c(Br)c1. The molecule has 0 fully saturated rings. The van der Waals surface area contributed by atoms with Crippen molar-refractivity contribution in [1.82, 2.24) is 0 Å². The molecule has 2 N–H and O–H groups in total. The molecule has 0 aliphatic carbocycles. The summed E-state index contributed by atoms with van der Waals surface area (Å²) in [5.41, 5.74) is 7.08. The molecule has 0 aliphatic rings. The van der Waals surface area contributed by atoms with E-state index >= 15 is 0 Å². The highest BCUT2D eigenvalue weighted by atomic mass is 79.9. The zero-order chi connectivity index (χ0) is 12.3. The van der Waals surface area contributed by atoms with E-state index in [9.17, 15) is 0 Å². The number of rotatable bonds is 4. The molecule has 2 rings (SSSR count). The molecule has 0 aliphatic heterocycles. The van der Waals surface area contributed by atoms with Crippen molar-refractivity contribution >= 4 is 39.0 Å². The maximum absolute atomic E-state index is 5.80. The van der Waals surface area contributed by atoms with Gasteiger partial charge < -0.3 is 5.73 Å². The van der Waals surface area contributed by atoms with Crippen LogP contribution in [0.5, 0.6) is 0 Å². The predicted octanol–water partition coefficient (Wildman–Crippen LogP) is 4.55. The van der Waals surface area contributed by atoms with Gasteiger partial charge in [0.25, 0.3) is 0 Å². The van der Waals surface area contributed by atoms with E-state index in [0.29, 0.717) is 0 Å². The number of hydrogen-bond acceptors (Lipinski definition) is 3. The predicted molar refractivity (Wildman–Crippen MR) is 79.9 cm³/mol. The van der Waals surface area contributed by atoms with Gasteiger partial charge in [0.2, 0.25) is 0 Å². The van der Waals surface area contributed by atoms with E-state index in [1.54, 1.807) is 23.1 Å². The van der Waals surface area contributed by atoms with Gasteiger partial charge in [-0.05, 0) is 58.4 Å². The second-order valence-corrected chi connectivity index (χ2v) is 7.12. The summed E-state index contributed by atoms with van der Waals surface area (Å²) in [5.74, 6) is 0. The molecule has 1 atom stereocenters. The normalized spacial score (nSPS) is 12.6. The van der Waals surface area contributed by atoms with Gasteiger partial charge in [-0.2, -0.15) is 0 Å². The van der Waals surface area contributed by atoms with Crippen LogP contribution in [-0.4, -0.2) is 6.04 Å². The van der Waals surface area contributed by atoms with Gasteiger partial charge >= 0.3 is 0 Å². The minimum atomic E-state index is 0.206. The smallest absolute Gasteiger partial charge is 0.0646 e. The fraction of sp³-hybridized carbons (Fsp3) is 0.231. The molecular weight excluding hydrogens is 314 g/mol. The Morgan fingerprint density at radius 3 is 2.82 bits per heavy atom. The van der Waals surface area contributed by atoms with E-state index < -0.39 is 0 Å². The molecule has 1 aromatic carbocycles. The molecule has 90 valence electrons. The van der Waals surface area contributed by atoms with Crippen molar-refractivity contribution in [3.05, 3.63) is 45.7 Å². The Morgan fingerprint density at radius 2 is 2.24 bits per heavy atom. The third-order valence-corrected chi connectivity index (χ3v) is 5.29. The maximum atomic E-state index is 5.80. The number of nitrogens with two attached hydrogens (primary N) is 1. The third kappa shape index (κ3) is 3.85. The first-order chi connectivity index (χ1) is 8.15. The van der Waals surface area contributed by atoms with Crippen LogP contribution < -0.4 is 5.73 Å². The van der Waals surface area contributed by atoms with E-state index in [-0.39, 0.29) is 6.04 Å². The Hall–Kier alpha value is -0.290. The molecule has 0 saturated heterocycles. The molecule has 0 bridgehead atoms. The monoisotopic (exact) mass is 327 g/mol. The molecule has 1 aromatic heterocycles. The first-order valence-corrected chi connectivity index (χ1v) is 7.89. The zero-order valence-corrected chi connectivity index (χ0v) is 12.7. The molecule has 0 saturated carbocycles. The van der Waals surface area contributed by atoms with E-state index in [4.69, 9.17) is 5.73 Å². The summed E-state index contributed by atoms with van der Waals surface area (Å²) >= 11 is 7.18. The molecule has 0 amide bonds. The fourth-order valence-electron chi connectivity index (χ4n) is 1.56. The minimum Gasteiger partial charge on any atom is -0.328 e. The van der Waals surface area contributed by atoms with Gasteiger partial charge in [-0.25, -0.2) is 0 Å². The standard InChI is InChI=1S/C13H14BrNS2/c1-9(15)7-10-4-5-12(11(14)8-10)17-13-3-2-6-16-13/h2-6,8-9H,7,15H2,1H3. The van der Waals surface area contributed by atoms with Gasteiger partial charge in [-0.3, -0.25) is 0 Å². The van der Waals surface area contributed by atoms with Crippen LogP contribution in [0.4, 0.5) is 0 Å². The van der Waals surface area contributed by atoms with Crippen LogP contribution in [0.1, 0.15) is 12.5 Å². The van der Waals surface area contributed by atoms with E-state index in [2.05, 4.69) is 51.6 Å². The molecule has 0 radical (unpaired) electrons. The lowest BCUT2D eigenvalue weighted by atomic mass is 10.1. The number of benzene rings is 1. The van der Waals surface area contributed by atoms with Crippen molar-refractivity contribution < 1.29 is 0 Å². The Bertz CT molecular complexity index is 480. The van der Waals surface area contributed by atoms with Crippen molar-refractivity contribution in [2.75, 3.05) is 0 Å². The first kappa shape index (κ1) is 13.1. The van der Waals surface area contributed by atoms with Gasteiger partial charge in [-0.1, -0.05) is 23.9 Å². The number of hydrogen-bond donors (Lipinski definition) is 1. The van der Waals surface area contributed by atoms with Gasteiger partial charge in [0.1, 0.15) is 0 Å². The molecule has 1 heterocycles. The molecule has 0 spiro atoms. The van der Waals surface area contributed by atoms with Crippen molar-refractivity contribution in [3.63, 3.8) is 0 Å². The highest BCUT2D eigenvalue weighted by Crippen LogP contribution is 2.36. The Morgan fingerprint density at radius 1 is 1.41 bits per heavy atom. The molecule has 2 aromatic rings. The van der Waals surface area contributed by atoms with Gasteiger partial charge in [0, 0.05) is 15.4 Å². The summed E-state index contributed by atoms with van der Waals surface area (Å²) in [4.78, 5) is 1.25. The number of thiophene rings is 1. The highest BCUT2D eigenvalue weighted by Gasteiger charge is 2.05. The lowest BCUT2D eigenvalue weighted by Gasteiger charge is -2.08. The second-order valence-electron chi connectivity index (χ2n) is 3.98. The van der Waals surface area contributed by atoms with Crippen LogP contribution >= 0.6 is 39.0 Å². The van der Waals surface area contributed by atoms with Crippen LogP contribution in [0.15, 0.2) is 49.3 Å². The van der Waals surface area contributed by atoms with Crippen LogP contribution in [0.3, 0.4) is 0 Å². The quantitative estimate of drug-likeness (QED) is 0.891. The van der Waals surface area contributed by atoms with Crippen molar-refractivity contribution in [3.8, 4) is 0 Å². The summed E-state index contributed by atoms with van der Waals surface area (Å²) in [6, 6.07) is 10.9. The van der Waals surface area contributed by atoms with Crippen molar-refractivity contribution in [2.24, 2.45) is 5.73 Å². The van der Waals surface area contributed by atoms with E-state index in [0.717, 1.165) is 10.9 Å². The molecule has 4 heteroatoms. The summed E-state index contributed by atoms with van der Waals surface area (Å²) in [5, 5.41) is 2.10. The summed E-state index contributed by atoms with van der Waals surface area (Å²) in [6.45, 7) is 2.03. The topological polar surface area (TPSA) is 26.0 Å². The summed E-state index contributed by atoms with van der Waals surface area (Å²) in [7, 11) is 0. The summed E-state index contributed by atoms with van der Waals surface area (Å²) < 4.78 is 2.46. The average molecular weight is 328 g/mol. The van der Waals surface area contributed by atoms with Gasteiger partial charge in [0.05, 0.1) is 4.21 Å². The van der Waals surface area contributed by atoms with Crippen LogP contribution in [0, 0.1) is 0 Å². The van der Waals surface area contributed by atoms with Crippen LogP contribution in [0.25, 0.3) is 0 Å². The minimum absolute atomic E-state index is 0.206. The highest BCUT2D eigenvalue weighted by molar-refractivity contribution is 9.10. The molecule has 1 nitrogen and oxygen atoms in total. The lowest BCUT2D eigenvalue weighted by Crippen LogP contribution is -2.17. The Balaban J connectivity index is 2.14. The van der Waals surface area contributed by atoms with Gasteiger partial charge in [-0.15, -0.1) is 11.3 Å². The fourth-order valence-corrected chi connectivity index (χ4v) is 3.96. The first-order valence-electron chi connectivity index (χ1n) is 5.40. The number of halogens is 1. The zero-order valence-electron chi connectivity index (χ0n) is 9.52. The summed E-state index contributed by atoms with van der Waals surface area (Å²) in [6.07, 6.45) is 0.919. The maximum Gasteiger partial charge on any atom is 0.0646 e. The van der Waals surface area contributed by atoms with E-state index in [1.807, 2.05) is 6.92 Å². The van der Waals surface area contributed by atoms with E-state index in [1.165, 1.54) is 14.7 Å². The van der Waals surface area contributed by atoms with Crippen molar-refractivity contribution in [1.29, 1.82) is 0 Å². The molecule has 17 heavy (non-hydrogen) atoms. The van der Waals surface area contributed by atoms with Gasteiger partial charge in [0.15, 0.2) is 0 Å². The largest absolute Gasteiger partial charge is 0.328 e. The molecule has 1 unspecified atom stereocenters. The van der Waals surface area contributed by atoms with Crippen molar-refractivity contribution in [2.45, 2.75) is 28.5 Å². The third-order valence-electron chi connectivity index (χ3n) is 2.26. The van der Waals surface area contributed by atoms with Crippen LogP contribution in [0.2, 0.25) is 0 Å². The van der Waals surface area contributed by atoms with Crippen LogP contribution in [-0.2, 0) is 6.42 Å². The average Bonchev–Trinajstić information content (AvgIpc) is 2.74. The lowest BCUT2D eigenvalue weighted by molar-refractivity contribution is 0.737.